The van der Waals surface area contributed by atoms with Crippen LogP contribution < -0.4 is 5.32 Å². The van der Waals surface area contributed by atoms with Gasteiger partial charge in [-0.2, -0.15) is 0 Å². The summed E-state index contributed by atoms with van der Waals surface area (Å²) in [4.78, 5) is 27.7. The van der Waals surface area contributed by atoms with E-state index in [9.17, 15) is 4.79 Å². The summed E-state index contributed by atoms with van der Waals surface area (Å²) in [5.74, 6) is 0.520. The molecule has 0 saturated carbocycles. The maximum absolute atomic E-state index is 12.5. The summed E-state index contributed by atoms with van der Waals surface area (Å²) in [5, 5.41) is 10.0. The van der Waals surface area contributed by atoms with Crippen molar-refractivity contribution in [3.05, 3.63) is 65.0 Å². The van der Waals surface area contributed by atoms with Gasteiger partial charge < -0.3 is 20.1 Å². The Morgan fingerprint density at radius 3 is 2.62 bits per heavy atom. The molecule has 174 valence electrons. The van der Waals surface area contributed by atoms with Crippen molar-refractivity contribution in [3.63, 3.8) is 0 Å². The standard InChI is InChI=1S/C24H33N3O2.CH2O2/c1-19-14-23(15-20(2)26-19)24(28)25-16-22-10-6-11-27(17-22)12-7-13-29-18-21-8-4-3-5-9-21;2-1-3/h3-5,8-9,14-15,22H,6-7,10-13,16-18H2,1-2H3,(H,25,28);1H,(H,2,3). The largest absolute Gasteiger partial charge is 0.483 e. The van der Waals surface area contributed by atoms with Crippen LogP contribution in [-0.2, 0) is 16.1 Å². The van der Waals surface area contributed by atoms with Gasteiger partial charge >= 0.3 is 0 Å². The van der Waals surface area contributed by atoms with Crippen LogP contribution in [0.4, 0.5) is 0 Å². The molecule has 0 bridgehead atoms. The van der Waals surface area contributed by atoms with E-state index < -0.39 is 0 Å². The molecule has 1 aromatic heterocycles. The first-order valence-corrected chi connectivity index (χ1v) is 11.2. The lowest BCUT2D eigenvalue weighted by Crippen LogP contribution is -2.41. The quantitative estimate of drug-likeness (QED) is 0.457. The number of carbonyl (C=O) groups excluding carboxylic acids is 1. The Labute approximate surface area is 190 Å². The number of piperidine rings is 1. The minimum atomic E-state index is -0.250. The van der Waals surface area contributed by atoms with Crippen LogP contribution in [0.3, 0.4) is 0 Å². The molecule has 1 atom stereocenters. The lowest BCUT2D eigenvalue weighted by molar-refractivity contribution is -0.122. The van der Waals surface area contributed by atoms with Gasteiger partial charge in [0.2, 0.25) is 0 Å². The Morgan fingerprint density at radius 1 is 1.25 bits per heavy atom. The van der Waals surface area contributed by atoms with E-state index in [1.54, 1.807) is 0 Å². The predicted octanol–water partition coefficient (Wildman–Crippen LogP) is 3.45. The molecule has 1 amide bonds. The first kappa shape index (κ1) is 25.5. The number of carboxylic acid groups (broad SMARTS) is 1. The van der Waals surface area contributed by atoms with E-state index in [1.807, 2.05) is 44.2 Å². The average Bonchev–Trinajstić information content (AvgIpc) is 2.78. The zero-order valence-electron chi connectivity index (χ0n) is 19.1. The molecular weight excluding hydrogens is 406 g/mol. The topological polar surface area (TPSA) is 91.8 Å². The van der Waals surface area contributed by atoms with Gasteiger partial charge in [-0.1, -0.05) is 30.3 Å². The second-order valence-electron chi connectivity index (χ2n) is 8.15. The molecule has 1 aliphatic rings. The number of pyridine rings is 1. The Hall–Kier alpha value is -2.77. The van der Waals surface area contributed by atoms with Crippen molar-refractivity contribution >= 4 is 12.4 Å². The monoisotopic (exact) mass is 441 g/mol. The van der Waals surface area contributed by atoms with E-state index in [0.29, 0.717) is 18.1 Å². The molecule has 1 fully saturated rings. The minimum Gasteiger partial charge on any atom is -0.483 e. The molecule has 1 saturated heterocycles. The average molecular weight is 442 g/mol. The van der Waals surface area contributed by atoms with Crippen LogP contribution in [0.15, 0.2) is 42.5 Å². The lowest BCUT2D eigenvalue weighted by Gasteiger charge is -2.32. The van der Waals surface area contributed by atoms with Crippen molar-refractivity contribution in [2.24, 2.45) is 5.92 Å². The predicted molar refractivity (Wildman–Crippen MR) is 125 cm³/mol. The van der Waals surface area contributed by atoms with Crippen molar-refractivity contribution in [1.29, 1.82) is 0 Å². The number of nitrogens with one attached hydrogen (secondary N) is 1. The highest BCUT2D eigenvalue weighted by atomic mass is 16.5. The van der Waals surface area contributed by atoms with Crippen LogP contribution in [0.1, 0.15) is 46.6 Å². The van der Waals surface area contributed by atoms with E-state index >= 15 is 0 Å². The second-order valence-corrected chi connectivity index (χ2v) is 8.15. The molecule has 0 spiro atoms. The molecule has 2 heterocycles. The molecule has 7 nitrogen and oxygen atoms in total. The third-order valence-electron chi connectivity index (χ3n) is 5.37. The molecule has 0 radical (unpaired) electrons. The van der Waals surface area contributed by atoms with E-state index in [2.05, 4.69) is 27.3 Å². The smallest absolute Gasteiger partial charge is 0.290 e. The van der Waals surface area contributed by atoms with E-state index in [1.165, 1.54) is 18.4 Å². The van der Waals surface area contributed by atoms with Crippen molar-refractivity contribution < 1.29 is 19.4 Å². The highest BCUT2D eigenvalue weighted by Crippen LogP contribution is 2.16. The van der Waals surface area contributed by atoms with Crippen LogP contribution in [-0.4, -0.2) is 60.2 Å². The minimum absolute atomic E-state index is 0.00466. The van der Waals surface area contributed by atoms with Gasteiger partial charge in [-0.15, -0.1) is 0 Å². The number of carbonyl (C=O) groups is 2. The van der Waals surface area contributed by atoms with Gasteiger partial charge in [0, 0.05) is 43.2 Å². The normalized spacial score (nSPS) is 16.0. The molecule has 0 aliphatic carbocycles. The van der Waals surface area contributed by atoms with Gasteiger partial charge in [0.25, 0.3) is 12.4 Å². The van der Waals surface area contributed by atoms with Gasteiger partial charge in [-0.3, -0.25) is 14.6 Å². The number of hydrogen-bond acceptors (Lipinski definition) is 5. The zero-order chi connectivity index (χ0) is 23.2. The third-order valence-corrected chi connectivity index (χ3v) is 5.37. The summed E-state index contributed by atoms with van der Waals surface area (Å²) in [6, 6.07) is 14.0. The highest BCUT2D eigenvalue weighted by Gasteiger charge is 2.20. The molecule has 3 rings (SSSR count). The molecular formula is C25H35N3O4. The Morgan fingerprint density at radius 2 is 1.94 bits per heavy atom. The van der Waals surface area contributed by atoms with Crippen LogP contribution in [0.25, 0.3) is 0 Å². The Balaban J connectivity index is 0.00000114. The van der Waals surface area contributed by atoms with Crippen LogP contribution >= 0.6 is 0 Å². The third kappa shape index (κ3) is 9.58. The van der Waals surface area contributed by atoms with E-state index in [0.717, 1.165) is 50.6 Å². The fourth-order valence-corrected chi connectivity index (χ4v) is 3.98. The number of aryl methyl sites for hydroxylation is 2. The summed E-state index contributed by atoms with van der Waals surface area (Å²) >= 11 is 0. The summed E-state index contributed by atoms with van der Waals surface area (Å²) in [6.07, 6.45) is 3.41. The number of likely N-dealkylation sites (tertiary alicyclic amines) is 1. The Bertz CT molecular complexity index is 809. The molecule has 1 unspecified atom stereocenters. The summed E-state index contributed by atoms with van der Waals surface area (Å²) in [7, 11) is 0. The Kier molecular flexibility index (Phi) is 11.4. The summed E-state index contributed by atoms with van der Waals surface area (Å²) in [5.41, 5.74) is 3.70. The zero-order valence-corrected chi connectivity index (χ0v) is 19.1. The molecule has 1 aromatic carbocycles. The SMILES string of the molecule is Cc1cc(C(=O)NCC2CCCN(CCCOCc3ccccc3)C2)cc(C)n1.O=CO. The van der Waals surface area contributed by atoms with Gasteiger partial charge in [-0.25, -0.2) is 0 Å². The first-order chi connectivity index (χ1) is 15.5. The number of benzene rings is 1. The molecule has 7 heteroatoms. The molecule has 32 heavy (non-hydrogen) atoms. The fraction of sp³-hybridized carbons (Fsp3) is 0.480. The van der Waals surface area contributed by atoms with Crippen LogP contribution in [0, 0.1) is 19.8 Å². The van der Waals surface area contributed by atoms with Gasteiger partial charge in [-0.05, 0) is 63.3 Å². The molecule has 1 aliphatic heterocycles. The van der Waals surface area contributed by atoms with Crippen molar-refractivity contribution in [3.8, 4) is 0 Å². The van der Waals surface area contributed by atoms with E-state index in [4.69, 9.17) is 14.6 Å². The van der Waals surface area contributed by atoms with Gasteiger partial charge in [0.05, 0.1) is 6.61 Å². The lowest BCUT2D eigenvalue weighted by atomic mass is 9.97. The molecule has 2 aromatic rings. The van der Waals surface area contributed by atoms with Gasteiger partial charge in [0.1, 0.15) is 0 Å². The molecule has 2 N–H and O–H groups in total. The number of nitrogens with zero attached hydrogens (tertiary/aromatic N) is 2. The van der Waals surface area contributed by atoms with E-state index in [-0.39, 0.29) is 12.4 Å². The summed E-state index contributed by atoms with van der Waals surface area (Å²) < 4.78 is 5.80. The highest BCUT2D eigenvalue weighted by molar-refractivity contribution is 5.94. The number of ether oxygens (including phenoxy) is 1. The van der Waals surface area contributed by atoms with Crippen molar-refractivity contribution in [2.45, 2.75) is 39.7 Å². The number of aromatic nitrogens is 1. The number of rotatable bonds is 9. The second kappa shape index (κ2) is 14.3. The van der Waals surface area contributed by atoms with Crippen molar-refractivity contribution in [2.75, 3.05) is 32.8 Å². The number of amides is 1. The van der Waals surface area contributed by atoms with Gasteiger partial charge in [0.15, 0.2) is 0 Å². The fourth-order valence-electron chi connectivity index (χ4n) is 3.98. The van der Waals surface area contributed by atoms with Crippen molar-refractivity contribution in [1.82, 2.24) is 15.2 Å². The maximum Gasteiger partial charge on any atom is 0.290 e. The maximum atomic E-state index is 12.5. The van der Waals surface area contributed by atoms with Crippen LogP contribution in [0.5, 0.6) is 0 Å². The number of hydrogen-bond donors (Lipinski definition) is 2. The van der Waals surface area contributed by atoms with Crippen LogP contribution in [0.2, 0.25) is 0 Å². The summed E-state index contributed by atoms with van der Waals surface area (Å²) in [6.45, 7) is 9.05. The first-order valence-electron chi connectivity index (χ1n) is 11.2.